The number of piperazine rings is 2. The predicted octanol–water partition coefficient (Wildman–Crippen LogP) is 2.85. The van der Waals surface area contributed by atoms with E-state index in [1.165, 1.54) is 0 Å². The fourth-order valence-corrected chi connectivity index (χ4v) is 4.53. The van der Waals surface area contributed by atoms with Gasteiger partial charge in [-0.05, 0) is 45.0 Å². The van der Waals surface area contributed by atoms with Gasteiger partial charge in [-0.15, -0.1) is 0 Å². The van der Waals surface area contributed by atoms with Crippen LogP contribution in [0.15, 0.2) is 30.5 Å². The molecule has 2 saturated heterocycles. The Balaban J connectivity index is 1.59. The third-order valence-electron chi connectivity index (χ3n) is 5.81. The molecule has 0 aliphatic carbocycles. The number of ether oxygens (including phenoxy) is 1. The number of benzene rings is 1. The van der Waals surface area contributed by atoms with Crippen LogP contribution in [0.5, 0.6) is 0 Å². The zero-order chi connectivity index (χ0) is 20.5. The van der Waals surface area contributed by atoms with Crippen LogP contribution < -0.4 is 4.90 Å². The fraction of sp³-hybridized carbons (Fsp3) is 0.500. The molecule has 2 atom stereocenters. The predicted molar refractivity (Wildman–Crippen MR) is 112 cm³/mol. The maximum absolute atomic E-state index is 12.4. The second-order valence-electron chi connectivity index (χ2n) is 8.17. The van der Waals surface area contributed by atoms with Crippen molar-refractivity contribution in [1.29, 1.82) is 5.26 Å². The molecule has 29 heavy (non-hydrogen) atoms. The number of aromatic nitrogens is 1. The van der Waals surface area contributed by atoms with Gasteiger partial charge in [-0.2, -0.15) is 5.26 Å². The van der Waals surface area contributed by atoms with Gasteiger partial charge in [0.05, 0.1) is 17.2 Å². The van der Waals surface area contributed by atoms with E-state index in [1.54, 1.807) is 6.20 Å². The fourth-order valence-electron chi connectivity index (χ4n) is 4.53. The summed E-state index contributed by atoms with van der Waals surface area (Å²) in [5.74, 6) is 0. The molecular weight excluding hydrogens is 366 g/mol. The van der Waals surface area contributed by atoms with Crippen LogP contribution in [-0.2, 0) is 4.74 Å². The minimum Gasteiger partial charge on any atom is -0.447 e. The van der Waals surface area contributed by atoms with E-state index in [1.807, 2.05) is 43.0 Å². The number of hydrogen-bond donors (Lipinski definition) is 0. The van der Waals surface area contributed by atoms with Crippen LogP contribution in [0.2, 0.25) is 0 Å². The number of fused-ring (bicyclic) bond motifs is 2. The lowest BCUT2D eigenvalue weighted by Crippen LogP contribution is -2.66. The second kappa shape index (κ2) is 7.88. The van der Waals surface area contributed by atoms with Gasteiger partial charge in [0.25, 0.3) is 0 Å². The van der Waals surface area contributed by atoms with E-state index in [2.05, 4.69) is 27.8 Å². The van der Waals surface area contributed by atoms with Crippen molar-refractivity contribution >= 4 is 22.7 Å². The minimum atomic E-state index is -0.225. The highest BCUT2D eigenvalue weighted by Gasteiger charge is 2.38. The van der Waals surface area contributed by atoms with Crippen molar-refractivity contribution in [2.24, 2.45) is 0 Å². The summed E-state index contributed by atoms with van der Waals surface area (Å²) < 4.78 is 5.41. The molecule has 0 N–H and O–H groups in total. The molecule has 7 heteroatoms. The first-order chi connectivity index (χ1) is 14.0. The molecule has 7 nitrogen and oxygen atoms in total. The van der Waals surface area contributed by atoms with Gasteiger partial charge in [-0.1, -0.05) is 0 Å². The molecular formula is C22H27N5O2. The standard InChI is InChI=1S/C22H27N5O2/c1-15(2)29-22(28)25-9-10-27-16(3)12-26(14-18(27)13-25)20-7-6-17(11-23)21-19(20)5-4-8-24-21/h4-8,15-16,18H,9-10,12-14H2,1-3H3/t16-,18-/m0/s1. The quantitative estimate of drug-likeness (QED) is 0.781. The van der Waals surface area contributed by atoms with Crippen LogP contribution in [0.1, 0.15) is 26.3 Å². The first-order valence-corrected chi connectivity index (χ1v) is 10.2. The average molecular weight is 393 g/mol. The summed E-state index contributed by atoms with van der Waals surface area (Å²) >= 11 is 0. The van der Waals surface area contributed by atoms with Gasteiger partial charge >= 0.3 is 6.09 Å². The third kappa shape index (κ3) is 3.73. The Morgan fingerprint density at radius 1 is 1.24 bits per heavy atom. The Bertz CT molecular complexity index is 954. The van der Waals surface area contributed by atoms with Crippen LogP contribution in [0.4, 0.5) is 10.5 Å². The smallest absolute Gasteiger partial charge is 0.410 e. The highest BCUT2D eigenvalue weighted by molar-refractivity contribution is 5.95. The molecule has 1 amide bonds. The van der Waals surface area contributed by atoms with E-state index in [0.717, 1.165) is 36.2 Å². The topological polar surface area (TPSA) is 72.7 Å². The number of nitrogens with zero attached hydrogens (tertiary/aromatic N) is 5. The van der Waals surface area contributed by atoms with E-state index in [0.29, 0.717) is 24.7 Å². The zero-order valence-corrected chi connectivity index (χ0v) is 17.2. The van der Waals surface area contributed by atoms with E-state index < -0.39 is 0 Å². The molecule has 152 valence electrons. The molecule has 2 aliphatic heterocycles. The van der Waals surface area contributed by atoms with E-state index in [-0.39, 0.29) is 18.2 Å². The van der Waals surface area contributed by atoms with E-state index in [9.17, 15) is 10.1 Å². The Morgan fingerprint density at radius 3 is 2.83 bits per heavy atom. The molecule has 2 aliphatic rings. The van der Waals surface area contributed by atoms with Crippen LogP contribution in [-0.4, -0.2) is 71.8 Å². The molecule has 0 saturated carbocycles. The number of carbonyl (C=O) groups is 1. The third-order valence-corrected chi connectivity index (χ3v) is 5.81. The van der Waals surface area contributed by atoms with Crippen LogP contribution in [0.3, 0.4) is 0 Å². The Labute approximate surface area is 171 Å². The first kappa shape index (κ1) is 19.5. The van der Waals surface area contributed by atoms with Crippen LogP contribution in [0.25, 0.3) is 10.9 Å². The van der Waals surface area contributed by atoms with Crippen molar-refractivity contribution in [2.45, 2.75) is 39.0 Å². The lowest BCUT2D eigenvalue weighted by Gasteiger charge is -2.51. The monoisotopic (exact) mass is 393 g/mol. The van der Waals surface area contributed by atoms with Crippen molar-refractivity contribution in [3.05, 3.63) is 36.0 Å². The van der Waals surface area contributed by atoms with Crippen LogP contribution in [0, 0.1) is 11.3 Å². The SMILES string of the molecule is CC(C)OC(=O)N1CCN2[C@@H](C1)CN(c1ccc(C#N)c3ncccc13)C[C@@H]2C. The Kier molecular flexibility index (Phi) is 5.29. The molecule has 2 fully saturated rings. The van der Waals surface area contributed by atoms with Crippen molar-refractivity contribution in [3.63, 3.8) is 0 Å². The van der Waals surface area contributed by atoms with E-state index in [4.69, 9.17) is 4.74 Å². The summed E-state index contributed by atoms with van der Waals surface area (Å²) in [5, 5.41) is 10.4. The van der Waals surface area contributed by atoms with E-state index >= 15 is 0 Å². The minimum absolute atomic E-state index is 0.111. The molecule has 1 aromatic heterocycles. The molecule has 1 aromatic carbocycles. The number of rotatable bonds is 2. The normalized spacial score (nSPS) is 22.4. The summed E-state index contributed by atoms with van der Waals surface area (Å²) in [6.07, 6.45) is 1.39. The Hall–Kier alpha value is -2.85. The van der Waals surface area contributed by atoms with Crippen molar-refractivity contribution in [1.82, 2.24) is 14.8 Å². The van der Waals surface area contributed by atoms with Gasteiger partial charge in [0.2, 0.25) is 0 Å². The largest absolute Gasteiger partial charge is 0.447 e. The number of carbonyl (C=O) groups excluding carboxylic acids is 1. The first-order valence-electron chi connectivity index (χ1n) is 10.2. The van der Waals surface area contributed by atoms with Gasteiger partial charge < -0.3 is 14.5 Å². The lowest BCUT2D eigenvalue weighted by molar-refractivity contribution is 0.0174. The number of hydrogen-bond acceptors (Lipinski definition) is 6. The molecule has 0 unspecified atom stereocenters. The molecule has 3 heterocycles. The maximum Gasteiger partial charge on any atom is 0.410 e. The zero-order valence-electron chi connectivity index (χ0n) is 17.2. The highest BCUT2D eigenvalue weighted by Crippen LogP contribution is 2.31. The summed E-state index contributed by atoms with van der Waals surface area (Å²) in [4.78, 5) is 23.5. The maximum atomic E-state index is 12.4. The van der Waals surface area contributed by atoms with Crippen molar-refractivity contribution in [3.8, 4) is 6.07 Å². The summed E-state index contributed by atoms with van der Waals surface area (Å²) in [7, 11) is 0. The molecule has 2 aromatic rings. The van der Waals surface area contributed by atoms with Gasteiger partial charge in [0.1, 0.15) is 6.07 Å². The second-order valence-corrected chi connectivity index (χ2v) is 8.17. The Morgan fingerprint density at radius 2 is 2.07 bits per heavy atom. The van der Waals surface area contributed by atoms with Crippen LogP contribution >= 0.6 is 0 Å². The molecule has 0 spiro atoms. The molecule has 4 rings (SSSR count). The number of anilines is 1. The highest BCUT2D eigenvalue weighted by atomic mass is 16.6. The number of nitriles is 1. The molecule has 0 radical (unpaired) electrons. The van der Waals surface area contributed by atoms with Gasteiger partial charge in [-0.25, -0.2) is 4.79 Å². The summed E-state index contributed by atoms with van der Waals surface area (Å²) in [6.45, 7) is 9.96. The van der Waals surface area contributed by atoms with Gasteiger partial charge in [0.15, 0.2) is 0 Å². The molecule has 0 bridgehead atoms. The van der Waals surface area contributed by atoms with Crippen molar-refractivity contribution < 1.29 is 9.53 Å². The number of amides is 1. The van der Waals surface area contributed by atoms with Crippen molar-refractivity contribution in [2.75, 3.05) is 37.6 Å². The lowest BCUT2D eigenvalue weighted by atomic mass is 10.0. The van der Waals surface area contributed by atoms with Gasteiger partial charge in [0, 0.05) is 62.1 Å². The van der Waals surface area contributed by atoms with Gasteiger partial charge in [-0.3, -0.25) is 9.88 Å². The average Bonchev–Trinajstić information content (AvgIpc) is 2.72. The summed E-state index contributed by atoms with van der Waals surface area (Å²) in [6, 6.07) is 10.7. The summed E-state index contributed by atoms with van der Waals surface area (Å²) in [5.41, 5.74) is 2.44. The number of pyridine rings is 1.